The van der Waals surface area contributed by atoms with Crippen molar-refractivity contribution in [1.82, 2.24) is 4.90 Å². The first kappa shape index (κ1) is 13.8. The van der Waals surface area contributed by atoms with Gasteiger partial charge in [0.1, 0.15) is 0 Å². The zero-order valence-corrected chi connectivity index (χ0v) is 11.0. The average Bonchev–Trinajstić information content (AvgIpc) is 2.30. The van der Waals surface area contributed by atoms with Gasteiger partial charge in [0.05, 0.1) is 6.54 Å². The summed E-state index contributed by atoms with van der Waals surface area (Å²) in [6.07, 6.45) is 0. The van der Waals surface area contributed by atoms with Crippen molar-refractivity contribution in [2.24, 2.45) is 11.1 Å². The van der Waals surface area contributed by atoms with Crippen molar-refractivity contribution in [3.63, 3.8) is 0 Å². The van der Waals surface area contributed by atoms with Crippen LogP contribution < -0.4 is 5.73 Å². The minimum absolute atomic E-state index is 0.156. The minimum Gasteiger partial charge on any atom is -0.330 e. The van der Waals surface area contributed by atoms with Crippen LogP contribution in [0.1, 0.15) is 19.4 Å². The zero-order valence-electron chi connectivity index (χ0n) is 11.0. The second-order valence-corrected chi connectivity index (χ2v) is 5.21. The Morgan fingerprint density at radius 3 is 2.47 bits per heavy atom. The lowest BCUT2D eigenvalue weighted by Crippen LogP contribution is -2.36. The van der Waals surface area contributed by atoms with Crippen molar-refractivity contribution < 1.29 is 0 Å². The molecule has 0 amide bonds. The first-order valence-electron chi connectivity index (χ1n) is 5.96. The van der Waals surface area contributed by atoms with E-state index in [1.807, 2.05) is 30.3 Å². The highest BCUT2D eigenvalue weighted by molar-refractivity contribution is 5.33. The molecular weight excluding hydrogens is 208 g/mol. The van der Waals surface area contributed by atoms with Crippen LogP contribution in [0.15, 0.2) is 30.3 Å². The van der Waals surface area contributed by atoms with Crippen molar-refractivity contribution in [1.29, 1.82) is 0 Å². The summed E-state index contributed by atoms with van der Waals surface area (Å²) < 4.78 is 0. The summed E-state index contributed by atoms with van der Waals surface area (Å²) in [4.78, 5) is 2.21. The van der Waals surface area contributed by atoms with Gasteiger partial charge in [0.15, 0.2) is 0 Å². The van der Waals surface area contributed by atoms with Gasteiger partial charge in [0.25, 0.3) is 0 Å². The normalized spacial score (nSPS) is 11.1. The predicted molar refractivity (Wildman–Crippen MR) is 73.7 cm³/mol. The fourth-order valence-corrected chi connectivity index (χ4v) is 1.65. The molecule has 0 saturated heterocycles. The van der Waals surface area contributed by atoms with Crippen molar-refractivity contribution in [3.05, 3.63) is 35.9 Å². The summed E-state index contributed by atoms with van der Waals surface area (Å²) in [5, 5.41) is 0. The molecule has 0 aliphatic rings. The first-order chi connectivity index (χ1) is 8.03. The Morgan fingerprint density at radius 1 is 1.24 bits per heavy atom. The van der Waals surface area contributed by atoms with Crippen LogP contribution in [0.5, 0.6) is 0 Å². The molecule has 0 aliphatic carbocycles. The van der Waals surface area contributed by atoms with Gasteiger partial charge < -0.3 is 5.73 Å². The third-order valence-corrected chi connectivity index (χ3v) is 2.61. The van der Waals surface area contributed by atoms with E-state index in [4.69, 9.17) is 5.73 Å². The average molecular weight is 230 g/mol. The van der Waals surface area contributed by atoms with Crippen molar-refractivity contribution >= 4 is 0 Å². The van der Waals surface area contributed by atoms with Crippen LogP contribution in [-0.2, 0) is 0 Å². The first-order valence-corrected chi connectivity index (χ1v) is 5.96. The van der Waals surface area contributed by atoms with Gasteiger partial charge in [-0.2, -0.15) is 0 Å². The third kappa shape index (κ3) is 5.53. The van der Waals surface area contributed by atoms with Gasteiger partial charge in [-0.05, 0) is 31.1 Å². The highest BCUT2D eigenvalue weighted by atomic mass is 15.1. The van der Waals surface area contributed by atoms with Gasteiger partial charge in [-0.1, -0.05) is 43.9 Å². The van der Waals surface area contributed by atoms with Crippen LogP contribution in [-0.4, -0.2) is 31.6 Å². The fourth-order valence-electron chi connectivity index (χ4n) is 1.65. The maximum absolute atomic E-state index is 5.71. The molecule has 17 heavy (non-hydrogen) atoms. The van der Waals surface area contributed by atoms with Crippen LogP contribution in [0.25, 0.3) is 0 Å². The molecule has 0 aliphatic heterocycles. The van der Waals surface area contributed by atoms with E-state index in [9.17, 15) is 0 Å². The Hall–Kier alpha value is -1.30. The van der Waals surface area contributed by atoms with Crippen molar-refractivity contribution in [2.75, 3.05) is 26.7 Å². The molecule has 0 saturated carbocycles. The Morgan fingerprint density at radius 2 is 1.88 bits per heavy atom. The molecule has 0 unspecified atom stereocenters. The highest BCUT2D eigenvalue weighted by Gasteiger charge is 2.17. The van der Waals surface area contributed by atoms with Crippen molar-refractivity contribution in [3.8, 4) is 11.8 Å². The second-order valence-electron chi connectivity index (χ2n) is 5.21. The molecule has 2 nitrogen and oxygen atoms in total. The van der Waals surface area contributed by atoms with Crippen LogP contribution in [0.4, 0.5) is 0 Å². The Bertz CT molecular complexity index is 384. The summed E-state index contributed by atoms with van der Waals surface area (Å²) in [7, 11) is 2.08. The number of nitrogens with two attached hydrogens (primary N) is 1. The monoisotopic (exact) mass is 230 g/mol. The highest BCUT2D eigenvalue weighted by Crippen LogP contribution is 2.13. The lowest BCUT2D eigenvalue weighted by atomic mass is 9.93. The smallest absolute Gasteiger partial charge is 0.0603 e. The molecule has 0 spiro atoms. The van der Waals surface area contributed by atoms with E-state index in [2.05, 4.69) is 37.6 Å². The molecule has 1 rings (SSSR count). The minimum atomic E-state index is 0.156. The van der Waals surface area contributed by atoms with Gasteiger partial charge in [0, 0.05) is 12.1 Å². The summed E-state index contributed by atoms with van der Waals surface area (Å²) in [6.45, 7) is 6.79. The van der Waals surface area contributed by atoms with Crippen LogP contribution in [0.3, 0.4) is 0 Å². The molecule has 2 heteroatoms. The Kier molecular flexibility index (Phi) is 5.21. The van der Waals surface area contributed by atoms with E-state index in [0.717, 1.165) is 18.7 Å². The molecule has 0 atom stereocenters. The largest absolute Gasteiger partial charge is 0.330 e. The lowest BCUT2D eigenvalue weighted by molar-refractivity contribution is 0.234. The van der Waals surface area contributed by atoms with Gasteiger partial charge in [-0.25, -0.2) is 0 Å². The van der Waals surface area contributed by atoms with E-state index in [0.29, 0.717) is 6.54 Å². The van der Waals surface area contributed by atoms with E-state index >= 15 is 0 Å². The quantitative estimate of drug-likeness (QED) is 0.801. The maximum atomic E-state index is 5.71. The van der Waals surface area contributed by atoms with Gasteiger partial charge in [-0.15, -0.1) is 0 Å². The third-order valence-electron chi connectivity index (χ3n) is 2.61. The van der Waals surface area contributed by atoms with E-state index in [1.165, 1.54) is 0 Å². The summed E-state index contributed by atoms with van der Waals surface area (Å²) >= 11 is 0. The topological polar surface area (TPSA) is 29.3 Å². The molecule has 1 aromatic carbocycles. The Balaban J connectivity index is 2.44. The lowest BCUT2D eigenvalue weighted by Gasteiger charge is -2.27. The van der Waals surface area contributed by atoms with E-state index in [1.54, 1.807) is 0 Å². The number of benzene rings is 1. The van der Waals surface area contributed by atoms with Crippen LogP contribution >= 0.6 is 0 Å². The molecule has 1 aromatic rings. The number of hydrogen-bond donors (Lipinski definition) is 1. The maximum Gasteiger partial charge on any atom is 0.0603 e. The van der Waals surface area contributed by atoms with Crippen molar-refractivity contribution in [2.45, 2.75) is 13.8 Å². The van der Waals surface area contributed by atoms with Gasteiger partial charge in [-0.3, -0.25) is 4.90 Å². The Labute approximate surface area is 105 Å². The zero-order chi connectivity index (χ0) is 12.7. The number of nitrogens with zero attached hydrogens (tertiary/aromatic N) is 1. The molecule has 92 valence electrons. The molecule has 0 heterocycles. The van der Waals surface area contributed by atoms with E-state index in [-0.39, 0.29) is 5.41 Å². The molecule has 0 radical (unpaired) electrons. The summed E-state index contributed by atoms with van der Waals surface area (Å²) in [5.41, 5.74) is 6.94. The molecule has 2 N–H and O–H groups in total. The fraction of sp³-hybridized carbons (Fsp3) is 0.467. The molecule has 0 aromatic heterocycles. The van der Waals surface area contributed by atoms with E-state index < -0.39 is 0 Å². The predicted octanol–water partition coefficient (Wildman–Crippen LogP) is 1.95. The van der Waals surface area contributed by atoms with Gasteiger partial charge >= 0.3 is 0 Å². The van der Waals surface area contributed by atoms with Crippen LogP contribution in [0, 0.1) is 17.3 Å². The van der Waals surface area contributed by atoms with Crippen LogP contribution in [0.2, 0.25) is 0 Å². The molecular formula is C15H22N2. The molecule has 0 fully saturated rings. The number of hydrogen-bond acceptors (Lipinski definition) is 2. The summed E-state index contributed by atoms with van der Waals surface area (Å²) in [5.74, 6) is 6.34. The SMILES string of the molecule is CN(CC#Cc1ccccc1)CC(C)(C)CN. The molecule has 0 bridgehead atoms. The second kappa shape index (κ2) is 6.44. The number of rotatable bonds is 4. The van der Waals surface area contributed by atoms with Gasteiger partial charge in [0.2, 0.25) is 0 Å². The standard InChI is InChI=1S/C15H22N2/c1-15(2,12-16)13-17(3)11-7-10-14-8-5-4-6-9-14/h4-6,8-9H,11-13,16H2,1-3H3. The summed E-state index contributed by atoms with van der Waals surface area (Å²) in [6, 6.07) is 10.1.